The summed E-state index contributed by atoms with van der Waals surface area (Å²) in [6.07, 6.45) is 7.96. The van der Waals surface area contributed by atoms with E-state index < -0.39 is 42.0 Å². The number of aliphatic hydroxyl groups excluding tert-OH is 2. The lowest BCUT2D eigenvalue weighted by Crippen LogP contribution is -2.44. The molecule has 11 heteroatoms. The molecular weight excluding hydrogens is 506 g/mol. The summed E-state index contributed by atoms with van der Waals surface area (Å²) >= 11 is 0. The lowest BCUT2D eigenvalue weighted by atomic mass is 9.93. The van der Waals surface area contributed by atoms with Gasteiger partial charge in [-0.3, -0.25) is 14.4 Å². The van der Waals surface area contributed by atoms with Crippen molar-refractivity contribution in [1.29, 1.82) is 0 Å². The Morgan fingerprint density at radius 3 is 2.74 bits per heavy atom. The number of esters is 1. The van der Waals surface area contributed by atoms with Gasteiger partial charge in [-0.1, -0.05) is 43.7 Å². The molecule has 1 saturated heterocycles. The van der Waals surface area contributed by atoms with Crippen LogP contribution in [0, 0.1) is 11.8 Å². The molecule has 0 spiro atoms. The van der Waals surface area contributed by atoms with Crippen molar-refractivity contribution in [1.82, 2.24) is 15.2 Å². The van der Waals surface area contributed by atoms with Crippen LogP contribution >= 0.6 is 0 Å². The number of allylic oxidation sites excluding steroid dienone is 2. The van der Waals surface area contributed by atoms with Crippen LogP contribution < -0.4 is 5.32 Å². The molecule has 11 nitrogen and oxygen atoms in total. The summed E-state index contributed by atoms with van der Waals surface area (Å²) in [5.41, 5.74) is 0.679. The normalized spacial score (nSPS) is 27.8. The van der Waals surface area contributed by atoms with Gasteiger partial charge in [0.05, 0.1) is 12.5 Å². The Morgan fingerprint density at radius 2 is 2.00 bits per heavy atom. The van der Waals surface area contributed by atoms with Gasteiger partial charge in [-0.15, -0.1) is 0 Å². The van der Waals surface area contributed by atoms with E-state index in [9.17, 15) is 29.4 Å². The van der Waals surface area contributed by atoms with Crippen molar-refractivity contribution >= 4 is 23.6 Å². The lowest BCUT2D eigenvalue weighted by molar-refractivity contribution is -0.159. The van der Waals surface area contributed by atoms with Crippen LogP contribution in [0.5, 0.6) is 0 Å². The first-order valence-electron chi connectivity index (χ1n) is 13.2. The van der Waals surface area contributed by atoms with Gasteiger partial charge >= 0.3 is 5.97 Å². The third-order valence-corrected chi connectivity index (χ3v) is 6.74. The van der Waals surface area contributed by atoms with Gasteiger partial charge in [0, 0.05) is 38.0 Å². The molecule has 1 aromatic rings. The largest absolute Gasteiger partial charge is 0.460 e. The number of carbonyl (C=O) groups is 4. The number of aromatic nitrogens is 1. The first-order chi connectivity index (χ1) is 18.6. The number of nitrogens with zero attached hydrogens (tertiary/aromatic N) is 2. The molecule has 0 aromatic carbocycles. The number of ether oxygens (including phenoxy) is 1. The predicted molar refractivity (Wildman–Crippen MR) is 140 cm³/mol. The highest BCUT2D eigenvalue weighted by molar-refractivity contribution is 5.95. The number of rotatable bonds is 2. The van der Waals surface area contributed by atoms with Gasteiger partial charge in [0.25, 0.3) is 5.91 Å². The SMILES string of the molecule is CC1=C[C@@H](O)CC(=O)Cc2nc(co2)C(=O)N2CCC[C@@H]2C(=O)O[C@H]([C@@H](C)CO)[C@H](C)/C=C/C(=O)NCC=C1. The van der Waals surface area contributed by atoms with E-state index in [0.29, 0.717) is 25.0 Å². The summed E-state index contributed by atoms with van der Waals surface area (Å²) in [5.74, 6) is -2.56. The van der Waals surface area contributed by atoms with E-state index in [0.717, 1.165) is 6.26 Å². The van der Waals surface area contributed by atoms with E-state index in [2.05, 4.69) is 10.3 Å². The van der Waals surface area contributed by atoms with Crippen LogP contribution in [0.4, 0.5) is 0 Å². The third-order valence-electron chi connectivity index (χ3n) is 6.74. The summed E-state index contributed by atoms with van der Waals surface area (Å²) in [4.78, 5) is 56.6. The van der Waals surface area contributed by atoms with Crippen molar-refractivity contribution < 1.29 is 38.5 Å². The van der Waals surface area contributed by atoms with Crippen LogP contribution in [-0.4, -0.2) is 81.6 Å². The molecule has 2 amide bonds. The Bertz CT molecular complexity index is 1140. The summed E-state index contributed by atoms with van der Waals surface area (Å²) in [7, 11) is 0. The number of oxazole rings is 1. The van der Waals surface area contributed by atoms with E-state index >= 15 is 0 Å². The standard InChI is InChI=1S/C28H37N3O8/c1-17-6-4-10-29-24(35)9-8-18(2)26(19(3)15-32)39-28(37)23-7-5-11-31(23)27(36)22-16-38-25(30-22)14-21(34)13-20(33)12-17/h4,6,8-9,12,16,18-20,23,26,32-33H,5,7,10-11,13-15H2,1-3H3,(H,29,35)/b6-4?,9-8+,17-12?/t18-,19+,20-,23-,26+/m1/s1. The monoisotopic (exact) mass is 543 g/mol. The number of hydrogen-bond donors (Lipinski definition) is 3. The van der Waals surface area contributed by atoms with Gasteiger partial charge in [0.1, 0.15) is 24.2 Å². The van der Waals surface area contributed by atoms with Gasteiger partial charge in [-0.2, -0.15) is 0 Å². The van der Waals surface area contributed by atoms with Crippen LogP contribution in [0.25, 0.3) is 0 Å². The number of nitrogens with one attached hydrogen (secondary N) is 1. The zero-order valence-corrected chi connectivity index (χ0v) is 22.5. The zero-order chi connectivity index (χ0) is 28.5. The minimum atomic E-state index is -1.02. The number of Topliss-reactive ketones (excluding diaryl/α,β-unsaturated/α-hetero) is 1. The first-order valence-corrected chi connectivity index (χ1v) is 13.2. The quantitative estimate of drug-likeness (QED) is 0.470. The van der Waals surface area contributed by atoms with E-state index in [1.807, 2.05) is 0 Å². The van der Waals surface area contributed by atoms with E-state index in [4.69, 9.17) is 9.15 Å². The van der Waals surface area contributed by atoms with Gasteiger partial charge in [-0.05, 0) is 25.8 Å². The van der Waals surface area contributed by atoms with Gasteiger partial charge in [0.15, 0.2) is 5.69 Å². The van der Waals surface area contributed by atoms with Crippen molar-refractivity contribution in [2.45, 2.75) is 64.7 Å². The second-order valence-electron chi connectivity index (χ2n) is 10.1. The fourth-order valence-electron chi connectivity index (χ4n) is 4.65. The second kappa shape index (κ2) is 14.0. The molecule has 5 atom stereocenters. The summed E-state index contributed by atoms with van der Waals surface area (Å²) in [6, 6.07) is -0.842. The molecule has 3 rings (SSSR count). The Balaban J connectivity index is 1.87. The van der Waals surface area contributed by atoms with Crippen LogP contribution in [-0.2, 0) is 25.5 Å². The number of ketones is 1. The first kappa shape index (κ1) is 30.0. The highest BCUT2D eigenvalue weighted by Crippen LogP contribution is 2.25. The summed E-state index contributed by atoms with van der Waals surface area (Å²) in [5, 5.41) is 22.7. The van der Waals surface area contributed by atoms with Crippen molar-refractivity contribution in [2.75, 3.05) is 19.7 Å². The maximum absolute atomic E-state index is 13.2. The molecule has 1 fully saturated rings. The van der Waals surface area contributed by atoms with Crippen LogP contribution in [0.1, 0.15) is 56.4 Å². The number of carbonyl (C=O) groups excluding carboxylic acids is 4. The average molecular weight is 544 g/mol. The van der Waals surface area contributed by atoms with Crippen molar-refractivity contribution in [3.8, 4) is 0 Å². The second-order valence-corrected chi connectivity index (χ2v) is 10.1. The topological polar surface area (TPSA) is 159 Å². The predicted octanol–water partition coefficient (Wildman–Crippen LogP) is 1.51. The van der Waals surface area contributed by atoms with Gasteiger partial charge in [-0.25, -0.2) is 9.78 Å². The van der Waals surface area contributed by atoms with Crippen LogP contribution in [0.3, 0.4) is 0 Å². The molecule has 0 aliphatic carbocycles. The van der Waals surface area contributed by atoms with Gasteiger partial charge in [0.2, 0.25) is 11.8 Å². The molecule has 1 aromatic heterocycles. The molecule has 3 N–H and O–H groups in total. The fourth-order valence-corrected chi connectivity index (χ4v) is 4.65. The minimum Gasteiger partial charge on any atom is -0.460 e. The zero-order valence-electron chi connectivity index (χ0n) is 22.5. The lowest BCUT2D eigenvalue weighted by Gasteiger charge is -2.30. The molecule has 212 valence electrons. The molecule has 0 radical (unpaired) electrons. The number of fused-ring (bicyclic) bond motifs is 3. The van der Waals surface area contributed by atoms with Crippen LogP contribution in [0.15, 0.2) is 46.6 Å². The van der Waals surface area contributed by atoms with E-state index in [-0.39, 0.29) is 49.3 Å². The Hall–Kier alpha value is -3.57. The Kier molecular flexibility index (Phi) is 10.8. The molecular formula is C28H37N3O8. The van der Waals surface area contributed by atoms with E-state index in [1.54, 1.807) is 39.0 Å². The van der Waals surface area contributed by atoms with Crippen molar-refractivity contribution in [3.63, 3.8) is 0 Å². The van der Waals surface area contributed by atoms with Crippen molar-refractivity contribution in [3.05, 3.63) is 53.8 Å². The molecule has 2 bridgehead atoms. The summed E-state index contributed by atoms with van der Waals surface area (Å²) in [6.45, 7) is 5.61. The summed E-state index contributed by atoms with van der Waals surface area (Å²) < 4.78 is 11.1. The number of aliphatic hydroxyl groups is 2. The maximum atomic E-state index is 13.2. The molecule has 2 aliphatic rings. The molecule has 39 heavy (non-hydrogen) atoms. The molecule has 3 heterocycles. The van der Waals surface area contributed by atoms with Crippen LogP contribution in [0.2, 0.25) is 0 Å². The maximum Gasteiger partial charge on any atom is 0.329 e. The Labute approximate surface area is 227 Å². The number of hydrogen-bond acceptors (Lipinski definition) is 9. The highest BCUT2D eigenvalue weighted by Gasteiger charge is 2.39. The van der Waals surface area contributed by atoms with Gasteiger partial charge < -0.3 is 29.6 Å². The smallest absolute Gasteiger partial charge is 0.329 e. The molecule has 0 unspecified atom stereocenters. The molecule has 0 saturated carbocycles. The average Bonchev–Trinajstić information content (AvgIpc) is 3.57. The number of amides is 2. The number of cyclic esters (lactones) is 1. The fraction of sp³-hybridized carbons (Fsp3) is 0.536. The minimum absolute atomic E-state index is 0.0279. The van der Waals surface area contributed by atoms with E-state index in [1.165, 1.54) is 17.1 Å². The third kappa shape index (κ3) is 8.46. The molecule has 2 aliphatic heterocycles. The van der Waals surface area contributed by atoms with Crippen molar-refractivity contribution in [2.24, 2.45) is 11.8 Å². The Morgan fingerprint density at radius 1 is 1.23 bits per heavy atom. The highest BCUT2D eigenvalue weighted by atomic mass is 16.5.